The highest BCUT2D eigenvalue weighted by Gasteiger charge is 2.37. The molecule has 0 unspecified atom stereocenters. The summed E-state index contributed by atoms with van der Waals surface area (Å²) in [5.41, 5.74) is 0.0876. The van der Waals surface area contributed by atoms with E-state index in [0.29, 0.717) is 11.7 Å². The van der Waals surface area contributed by atoms with Gasteiger partial charge in [0.15, 0.2) is 5.65 Å². The van der Waals surface area contributed by atoms with Crippen LogP contribution in [0.2, 0.25) is 0 Å². The highest BCUT2D eigenvalue weighted by molar-refractivity contribution is 5.44. The van der Waals surface area contributed by atoms with Crippen molar-refractivity contribution in [3.63, 3.8) is 0 Å². The lowest BCUT2D eigenvalue weighted by molar-refractivity contribution is -0.146. The van der Waals surface area contributed by atoms with Gasteiger partial charge in [-0.25, -0.2) is 0 Å². The quantitative estimate of drug-likeness (QED) is 0.925. The number of halogens is 3. The molecule has 0 aliphatic heterocycles. The third-order valence-electron chi connectivity index (χ3n) is 3.96. The molecule has 21 heavy (non-hydrogen) atoms. The number of nitrogens with one attached hydrogen (secondary N) is 1. The SMILES string of the molecule is C[C@@H]1CCCC[C@H]1Nc1ccc2nnc(C(F)(F)F)n2n1. The summed E-state index contributed by atoms with van der Waals surface area (Å²) in [5.74, 6) is -0.191. The van der Waals surface area contributed by atoms with Crippen molar-refractivity contribution in [2.75, 3.05) is 5.32 Å². The van der Waals surface area contributed by atoms with Crippen molar-refractivity contribution in [3.8, 4) is 0 Å². The number of alkyl halides is 3. The molecule has 2 aromatic heterocycles. The van der Waals surface area contributed by atoms with Crippen LogP contribution in [0, 0.1) is 5.92 Å². The van der Waals surface area contributed by atoms with Crippen LogP contribution in [0.5, 0.6) is 0 Å². The van der Waals surface area contributed by atoms with Gasteiger partial charge in [-0.1, -0.05) is 19.8 Å². The molecule has 1 aliphatic rings. The van der Waals surface area contributed by atoms with Gasteiger partial charge in [0.1, 0.15) is 5.82 Å². The lowest BCUT2D eigenvalue weighted by Gasteiger charge is -2.29. The second-order valence-corrected chi connectivity index (χ2v) is 5.52. The van der Waals surface area contributed by atoms with Crippen molar-refractivity contribution in [2.24, 2.45) is 5.92 Å². The molecular formula is C13H16F3N5. The van der Waals surface area contributed by atoms with E-state index in [4.69, 9.17) is 0 Å². The lowest BCUT2D eigenvalue weighted by atomic mass is 9.86. The first-order chi connectivity index (χ1) is 9.95. The van der Waals surface area contributed by atoms with E-state index < -0.39 is 12.0 Å². The molecular weight excluding hydrogens is 283 g/mol. The Kier molecular flexibility index (Phi) is 3.46. The van der Waals surface area contributed by atoms with Gasteiger partial charge in [0.25, 0.3) is 5.82 Å². The molecule has 0 aromatic carbocycles. The fourth-order valence-corrected chi connectivity index (χ4v) is 2.76. The number of hydrogen-bond acceptors (Lipinski definition) is 4. The lowest BCUT2D eigenvalue weighted by Crippen LogP contribution is -2.31. The zero-order valence-electron chi connectivity index (χ0n) is 11.6. The predicted molar refractivity (Wildman–Crippen MR) is 70.8 cm³/mol. The van der Waals surface area contributed by atoms with Crippen molar-refractivity contribution >= 4 is 11.5 Å². The van der Waals surface area contributed by atoms with Gasteiger partial charge in [0, 0.05) is 6.04 Å². The fraction of sp³-hybridized carbons (Fsp3) is 0.615. The maximum atomic E-state index is 12.8. The van der Waals surface area contributed by atoms with Gasteiger partial charge in [-0.15, -0.1) is 15.3 Å². The van der Waals surface area contributed by atoms with Crippen molar-refractivity contribution in [1.29, 1.82) is 0 Å². The standard InChI is InChI=1S/C13H16F3N5/c1-8-4-2-3-5-9(8)17-10-6-7-11-18-19-12(13(14,15)16)21(11)20-10/h6-9H,2-5H2,1H3,(H,17,20)/t8-,9-/m1/s1. The van der Waals surface area contributed by atoms with Gasteiger partial charge in [0.05, 0.1) is 0 Å². The molecule has 0 saturated heterocycles. The summed E-state index contributed by atoms with van der Waals surface area (Å²) in [4.78, 5) is 0. The summed E-state index contributed by atoms with van der Waals surface area (Å²) in [6.45, 7) is 2.15. The normalized spacial score (nSPS) is 23.4. The molecule has 114 valence electrons. The molecule has 1 aliphatic carbocycles. The van der Waals surface area contributed by atoms with E-state index in [1.807, 2.05) is 0 Å². The molecule has 0 amide bonds. The summed E-state index contributed by atoms with van der Waals surface area (Å²) in [6, 6.07) is 3.38. The van der Waals surface area contributed by atoms with Crippen LogP contribution in [0.4, 0.5) is 19.0 Å². The van der Waals surface area contributed by atoms with Crippen molar-refractivity contribution in [3.05, 3.63) is 18.0 Å². The minimum atomic E-state index is -4.57. The molecule has 0 bridgehead atoms. The molecule has 0 spiro atoms. The maximum absolute atomic E-state index is 12.8. The van der Waals surface area contributed by atoms with Crippen LogP contribution in [-0.4, -0.2) is 25.9 Å². The van der Waals surface area contributed by atoms with Crippen LogP contribution in [0.25, 0.3) is 5.65 Å². The van der Waals surface area contributed by atoms with Gasteiger partial charge < -0.3 is 5.32 Å². The third kappa shape index (κ3) is 2.79. The number of rotatable bonds is 2. The van der Waals surface area contributed by atoms with E-state index in [-0.39, 0.29) is 11.7 Å². The molecule has 8 heteroatoms. The van der Waals surface area contributed by atoms with Crippen LogP contribution in [-0.2, 0) is 6.18 Å². The van der Waals surface area contributed by atoms with Crippen LogP contribution in [0.1, 0.15) is 38.4 Å². The molecule has 5 nitrogen and oxygen atoms in total. The predicted octanol–water partition coefficient (Wildman–Crippen LogP) is 3.13. The summed E-state index contributed by atoms with van der Waals surface area (Å²) < 4.78 is 39.2. The Labute approximate surface area is 119 Å². The highest BCUT2D eigenvalue weighted by Crippen LogP contribution is 2.29. The Morgan fingerprint density at radius 3 is 2.67 bits per heavy atom. The molecule has 1 fully saturated rings. The molecule has 3 rings (SSSR count). The molecule has 2 atom stereocenters. The van der Waals surface area contributed by atoms with Gasteiger partial charge >= 0.3 is 6.18 Å². The van der Waals surface area contributed by atoms with E-state index in [0.717, 1.165) is 23.8 Å². The van der Waals surface area contributed by atoms with E-state index in [1.165, 1.54) is 12.5 Å². The summed E-state index contributed by atoms with van der Waals surface area (Å²) in [6.07, 6.45) is -0.0984. The topological polar surface area (TPSA) is 55.1 Å². The van der Waals surface area contributed by atoms with Crippen LogP contribution >= 0.6 is 0 Å². The van der Waals surface area contributed by atoms with Crippen molar-refractivity contribution in [2.45, 2.75) is 44.8 Å². The Balaban J connectivity index is 1.89. The van der Waals surface area contributed by atoms with E-state index >= 15 is 0 Å². The average Bonchev–Trinajstić information content (AvgIpc) is 2.84. The number of hydrogen-bond donors (Lipinski definition) is 1. The molecule has 2 heterocycles. The Bertz CT molecular complexity index is 636. The van der Waals surface area contributed by atoms with Crippen molar-refractivity contribution < 1.29 is 13.2 Å². The third-order valence-corrected chi connectivity index (χ3v) is 3.96. The Hall–Kier alpha value is -1.86. The maximum Gasteiger partial charge on any atom is 0.453 e. The first-order valence-corrected chi connectivity index (χ1v) is 7.01. The highest BCUT2D eigenvalue weighted by atomic mass is 19.4. The first-order valence-electron chi connectivity index (χ1n) is 7.01. The summed E-state index contributed by atoms with van der Waals surface area (Å²) >= 11 is 0. The number of fused-ring (bicyclic) bond motifs is 1. The Morgan fingerprint density at radius 1 is 1.19 bits per heavy atom. The molecule has 2 aromatic rings. The molecule has 1 N–H and O–H groups in total. The number of aromatic nitrogens is 4. The van der Waals surface area contributed by atoms with Crippen LogP contribution < -0.4 is 5.32 Å². The van der Waals surface area contributed by atoms with Crippen LogP contribution in [0.3, 0.4) is 0 Å². The minimum absolute atomic E-state index is 0.0876. The van der Waals surface area contributed by atoms with E-state index in [1.54, 1.807) is 6.07 Å². The van der Waals surface area contributed by atoms with E-state index in [9.17, 15) is 13.2 Å². The number of anilines is 1. The zero-order chi connectivity index (χ0) is 15.0. The average molecular weight is 299 g/mol. The van der Waals surface area contributed by atoms with Gasteiger partial charge in [-0.2, -0.15) is 17.7 Å². The number of nitrogens with zero attached hydrogens (tertiary/aromatic N) is 4. The summed E-state index contributed by atoms with van der Waals surface area (Å²) in [7, 11) is 0. The largest absolute Gasteiger partial charge is 0.453 e. The smallest absolute Gasteiger partial charge is 0.366 e. The van der Waals surface area contributed by atoms with Crippen molar-refractivity contribution in [1.82, 2.24) is 19.8 Å². The first kappa shape index (κ1) is 14.1. The van der Waals surface area contributed by atoms with Crippen LogP contribution in [0.15, 0.2) is 12.1 Å². The van der Waals surface area contributed by atoms with E-state index in [2.05, 4.69) is 27.5 Å². The Morgan fingerprint density at radius 2 is 1.95 bits per heavy atom. The molecule has 0 radical (unpaired) electrons. The van der Waals surface area contributed by atoms with Gasteiger partial charge in [-0.3, -0.25) is 0 Å². The summed E-state index contributed by atoms with van der Waals surface area (Å²) in [5, 5.41) is 13.9. The monoisotopic (exact) mass is 299 g/mol. The fourth-order valence-electron chi connectivity index (χ4n) is 2.76. The molecule has 1 saturated carbocycles. The van der Waals surface area contributed by atoms with Gasteiger partial charge in [0.2, 0.25) is 0 Å². The zero-order valence-corrected chi connectivity index (χ0v) is 11.6. The second kappa shape index (κ2) is 5.16. The second-order valence-electron chi connectivity index (χ2n) is 5.52. The minimum Gasteiger partial charge on any atom is -0.366 e. The van der Waals surface area contributed by atoms with Gasteiger partial charge in [-0.05, 0) is 30.9 Å².